The fourth-order valence-corrected chi connectivity index (χ4v) is 5.40. The maximum atomic E-state index is 11.6. The number of hydrogen-bond acceptors (Lipinski definition) is 11. The van der Waals surface area contributed by atoms with Crippen molar-refractivity contribution in [3.05, 3.63) is 0 Å². The second-order valence-electron chi connectivity index (χ2n) is 5.05. The molecule has 0 fully saturated rings. The average molecular weight is 447 g/mol. The topological polar surface area (TPSA) is 164 Å². The van der Waals surface area contributed by atoms with E-state index in [4.69, 9.17) is 0 Å². The quantitative estimate of drug-likeness (QED) is 0.271. The van der Waals surface area contributed by atoms with Gasteiger partial charge in [-0.05, 0) is 26.7 Å². The maximum Gasteiger partial charge on any atom is 0.295 e. The molecule has 15 heteroatoms. The molecular weight excluding hydrogens is 424 g/mol. The highest BCUT2D eigenvalue weighted by molar-refractivity contribution is 7.92. The van der Waals surface area contributed by atoms with E-state index < -0.39 is 62.6 Å². The van der Waals surface area contributed by atoms with Crippen LogP contribution in [0.25, 0.3) is 0 Å². The minimum Gasteiger partial charge on any atom is -0.271 e. The molecule has 0 saturated carbocycles. The molecule has 11 nitrogen and oxygen atoms in total. The van der Waals surface area contributed by atoms with Crippen molar-refractivity contribution in [3.8, 4) is 0 Å². The smallest absolute Gasteiger partial charge is 0.271 e. The van der Waals surface area contributed by atoms with Crippen molar-refractivity contribution in [1.82, 2.24) is 0 Å². The molecule has 0 rings (SSSR count). The average Bonchev–Trinajstić information content (AvgIpc) is 2.41. The first-order valence-corrected chi connectivity index (χ1v) is 13.4. The van der Waals surface area contributed by atoms with E-state index in [0.717, 1.165) is 27.2 Å². The van der Waals surface area contributed by atoms with Crippen LogP contribution in [0.2, 0.25) is 0 Å². The highest BCUT2D eigenvalue weighted by Crippen LogP contribution is 2.12. The maximum absolute atomic E-state index is 11.6. The highest BCUT2D eigenvalue weighted by atomic mass is 32.2. The Hall–Kier alpha value is -0.320. The standard InChI is InChI=1S/C10H22O11S4/c1-9(22(4,11)12)20-23(13,14)7-5-6-8-24(15,16)21-10(2)25(17,18)19-3/h9-10H,5-8H2,1-4H3. The van der Waals surface area contributed by atoms with Gasteiger partial charge >= 0.3 is 0 Å². The minimum atomic E-state index is -4.23. The van der Waals surface area contributed by atoms with E-state index in [1.165, 1.54) is 0 Å². The lowest BCUT2D eigenvalue weighted by molar-refractivity contribution is 0.265. The Morgan fingerprint density at radius 3 is 1.40 bits per heavy atom. The van der Waals surface area contributed by atoms with Gasteiger partial charge in [0.05, 0.1) is 18.6 Å². The summed E-state index contributed by atoms with van der Waals surface area (Å²) in [5.74, 6) is -1.23. The van der Waals surface area contributed by atoms with E-state index in [9.17, 15) is 33.7 Å². The van der Waals surface area contributed by atoms with Crippen LogP contribution in [0.15, 0.2) is 0 Å². The molecule has 152 valence electrons. The lowest BCUT2D eigenvalue weighted by Gasteiger charge is -2.13. The zero-order valence-electron chi connectivity index (χ0n) is 14.1. The van der Waals surface area contributed by atoms with Gasteiger partial charge in [-0.25, -0.2) is 12.6 Å². The molecule has 0 aromatic rings. The molecule has 0 heterocycles. The van der Waals surface area contributed by atoms with Gasteiger partial charge in [0.25, 0.3) is 30.4 Å². The van der Waals surface area contributed by atoms with Crippen molar-refractivity contribution >= 4 is 40.2 Å². The van der Waals surface area contributed by atoms with Crippen LogP contribution in [0.5, 0.6) is 0 Å². The minimum absolute atomic E-state index is 0.160. The second kappa shape index (κ2) is 9.05. The number of sulfone groups is 1. The first-order chi connectivity index (χ1) is 11.0. The Labute approximate surface area is 148 Å². The Morgan fingerprint density at radius 1 is 0.720 bits per heavy atom. The van der Waals surface area contributed by atoms with Crippen LogP contribution >= 0.6 is 0 Å². The van der Waals surface area contributed by atoms with E-state index in [0.29, 0.717) is 0 Å². The first-order valence-electron chi connectivity index (χ1n) is 6.82. The van der Waals surface area contributed by atoms with Crippen LogP contribution < -0.4 is 0 Å². The van der Waals surface area contributed by atoms with Crippen LogP contribution in [0.4, 0.5) is 0 Å². The van der Waals surface area contributed by atoms with Gasteiger partial charge in [-0.2, -0.15) is 25.3 Å². The van der Waals surface area contributed by atoms with Crippen molar-refractivity contribution < 1.29 is 46.2 Å². The normalized spacial score (nSPS) is 16.5. The third-order valence-corrected chi connectivity index (χ3v) is 8.51. The van der Waals surface area contributed by atoms with E-state index in [2.05, 4.69) is 12.5 Å². The number of hydrogen-bond donors (Lipinski definition) is 0. The van der Waals surface area contributed by atoms with Gasteiger partial charge in [0.15, 0.2) is 20.7 Å². The molecule has 0 amide bonds. The summed E-state index contributed by atoms with van der Waals surface area (Å²) in [6.07, 6.45) is 0.483. The molecule has 0 aliphatic rings. The third-order valence-electron chi connectivity index (χ3n) is 2.84. The van der Waals surface area contributed by atoms with Crippen LogP contribution in [-0.2, 0) is 52.7 Å². The molecular formula is C10H22O11S4. The highest BCUT2D eigenvalue weighted by Gasteiger charge is 2.28. The zero-order valence-corrected chi connectivity index (χ0v) is 17.4. The van der Waals surface area contributed by atoms with Crippen LogP contribution in [-0.4, -0.2) is 69.4 Å². The summed E-state index contributed by atoms with van der Waals surface area (Å²) in [7, 11) is -15.4. The molecule has 0 aromatic carbocycles. The third kappa shape index (κ3) is 9.81. The van der Waals surface area contributed by atoms with Crippen molar-refractivity contribution in [2.24, 2.45) is 0 Å². The van der Waals surface area contributed by atoms with Gasteiger partial charge in [-0.3, -0.25) is 8.37 Å². The van der Waals surface area contributed by atoms with Crippen molar-refractivity contribution in [2.45, 2.75) is 37.6 Å². The van der Waals surface area contributed by atoms with Crippen molar-refractivity contribution in [3.63, 3.8) is 0 Å². The van der Waals surface area contributed by atoms with Gasteiger partial charge in [0.1, 0.15) is 0 Å². The summed E-state index contributed by atoms with van der Waals surface area (Å²) in [5, 5.41) is 0. The summed E-state index contributed by atoms with van der Waals surface area (Å²) < 4.78 is 104. The first kappa shape index (κ1) is 24.7. The van der Waals surface area contributed by atoms with Crippen LogP contribution in [0.3, 0.4) is 0 Å². The predicted octanol–water partition coefficient (Wildman–Crippen LogP) is -0.828. The molecule has 2 atom stereocenters. The van der Waals surface area contributed by atoms with Crippen molar-refractivity contribution in [2.75, 3.05) is 24.9 Å². The SMILES string of the molecule is COS(=O)(=O)C(C)OS(=O)(=O)CCCCS(=O)(=O)OC(C)S(C)(=O)=O. The van der Waals surface area contributed by atoms with E-state index >= 15 is 0 Å². The van der Waals surface area contributed by atoms with Crippen molar-refractivity contribution in [1.29, 1.82) is 0 Å². The molecule has 0 aliphatic carbocycles. The summed E-state index contributed by atoms with van der Waals surface area (Å²) in [6.45, 7) is 2.03. The Kier molecular flexibility index (Phi) is 8.94. The monoisotopic (exact) mass is 446 g/mol. The summed E-state index contributed by atoms with van der Waals surface area (Å²) in [6, 6.07) is 0. The molecule has 0 spiro atoms. The van der Waals surface area contributed by atoms with Gasteiger partial charge in [-0.15, -0.1) is 0 Å². The molecule has 0 radical (unpaired) electrons. The lowest BCUT2D eigenvalue weighted by atomic mass is 10.4. The molecule has 25 heavy (non-hydrogen) atoms. The van der Waals surface area contributed by atoms with Gasteiger partial charge < -0.3 is 0 Å². The molecule has 0 N–H and O–H groups in total. The fourth-order valence-electron chi connectivity index (χ4n) is 1.32. The molecule has 0 bridgehead atoms. The van der Waals surface area contributed by atoms with E-state index in [1.807, 2.05) is 0 Å². The Morgan fingerprint density at radius 2 is 1.08 bits per heavy atom. The summed E-state index contributed by atoms with van der Waals surface area (Å²) >= 11 is 0. The van der Waals surface area contributed by atoms with Gasteiger partial charge in [-0.1, -0.05) is 0 Å². The van der Waals surface area contributed by atoms with E-state index in [-0.39, 0.29) is 12.8 Å². The fraction of sp³-hybridized carbons (Fsp3) is 1.00. The lowest BCUT2D eigenvalue weighted by Crippen LogP contribution is -2.27. The van der Waals surface area contributed by atoms with Gasteiger partial charge in [0.2, 0.25) is 0 Å². The predicted molar refractivity (Wildman–Crippen MR) is 88.7 cm³/mol. The van der Waals surface area contributed by atoms with E-state index in [1.54, 1.807) is 0 Å². The number of rotatable bonds is 12. The number of unbranched alkanes of at least 4 members (excludes halogenated alkanes) is 1. The Balaban J connectivity index is 4.53. The summed E-state index contributed by atoms with van der Waals surface area (Å²) in [5.41, 5.74) is -3.30. The summed E-state index contributed by atoms with van der Waals surface area (Å²) in [4.78, 5) is 0. The zero-order chi connectivity index (χ0) is 20.1. The Bertz CT molecular complexity index is 837. The van der Waals surface area contributed by atoms with Crippen LogP contribution in [0.1, 0.15) is 26.7 Å². The molecule has 0 aromatic heterocycles. The molecule has 2 unspecified atom stereocenters. The van der Waals surface area contributed by atoms with Crippen LogP contribution in [0, 0.1) is 0 Å². The second-order valence-corrected chi connectivity index (χ2v) is 12.8. The largest absolute Gasteiger partial charge is 0.295 e. The van der Waals surface area contributed by atoms with Gasteiger partial charge in [0, 0.05) is 6.26 Å². The molecule has 0 saturated heterocycles. The molecule has 0 aliphatic heterocycles.